The van der Waals surface area contributed by atoms with Crippen molar-refractivity contribution in [2.75, 3.05) is 18.6 Å². The first-order valence-corrected chi connectivity index (χ1v) is 11.4. The number of alkyl halides is 3. The summed E-state index contributed by atoms with van der Waals surface area (Å²) >= 11 is 8.43. The van der Waals surface area contributed by atoms with Gasteiger partial charge >= 0.3 is 6.18 Å². The molecule has 4 nitrogen and oxygen atoms in total. The molecule has 0 aromatic heterocycles. The Morgan fingerprint density at radius 3 is 2.65 bits per heavy atom. The van der Waals surface area contributed by atoms with E-state index < -0.39 is 17.6 Å². The minimum Gasteiger partial charge on any atom is -0.493 e. The summed E-state index contributed by atoms with van der Waals surface area (Å²) in [4.78, 5) is 14.4. The molecule has 1 aliphatic rings. The first-order chi connectivity index (χ1) is 14.7. The molecule has 3 rings (SSSR count). The van der Waals surface area contributed by atoms with Crippen molar-refractivity contribution in [3.8, 4) is 11.5 Å². The van der Waals surface area contributed by atoms with Crippen LogP contribution in [0.4, 0.5) is 18.9 Å². The molecule has 0 aliphatic carbocycles. The average Bonchev–Trinajstić information content (AvgIpc) is 2.99. The smallest absolute Gasteiger partial charge is 0.416 e. The summed E-state index contributed by atoms with van der Waals surface area (Å²) in [7, 11) is 1.53. The van der Waals surface area contributed by atoms with Gasteiger partial charge in [0, 0.05) is 0 Å². The summed E-state index contributed by atoms with van der Waals surface area (Å²) in [5.74, 6) is 0.674. The zero-order valence-corrected chi connectivity index (χ0v) is 20.2. The molecule has 1 amide bonds. The van der Waals surface area contributed by atoms with Crippen LogP contribution in [-0.4, -0.2) is 23.9 Å². The number of thiocarbonyl (C=S) groups is 1. The minimum absolute atomic E-state index is 0.0798. The molecule has 0 spiro atoms. The maximum atomic E-state index is 13.1. The molecule has 0 N–H and O–H groups in total. The molecule has 1 aliphatic heterocycles. The Hall–Kier alpha value is -1.79. The van der Waals surface area contributed by atoms with Gasteiger partial charge in [0.2, 0.25) is 0 Å². The van der Waals surface area contributed by atoms with Crippen molar-refractivity contribution < 1.29 is 27.4 Å². The third-order valence-electron chi connectivity index (χ3n) is 4.23. The molecule has 10 heteroatoms. The van der Waals surface area contributed by atoms with Crippen LogP contribution >= 0.6 is 46.6 Å². The van der Waals surface area contributed by atoms with Crippen LogP contribution in [0, 0.1) is 3.57 Å². The molecule has 0 radical (unpaired) electrons. The molecule has 1 saturated heterocycles. The van der Waals surface area contributed by atoms with Gasteiger partial charge in [-0.2, -0.15) is 13.2 Å². The van der Waals surface area contributed by atoms with Crippen LogP contribution in [0.15, 0.2) is 41.3 Å². The van der Waals surface area contributed by atoms with E-state index in [0.717, 1.165) is 38.8 Å². The van der Waals surface area contributed by atoms with Gasteiger partial charge in [0.15, 0.2) is 15.8 Å². The summed E-state index contributed by atoms with van der Waals surface area (Å²) in [5, 5.41) is 0. The Morgan fingerprint density at radius 1 is 1.26 bits per heavy atom. The van der Waals surface area contributed by atoms with Crippen LogP contribution in [0.3, 0.4) is 0 Å². The Morgan fingerprint density at radius 2 is 2.00 bits per heavy atom. The minimum atomic E-state index is -4.51. The first kappa shape index (κ1) is 23.9. The number of methoxy groups -OCH3 is 1. The number of carbonyl (C=O) groups is 1. The van der Waals surface area contributed by atoms with E-state index in [0.29, 0.717) is 28.6 Å². The third kappa shape index (κ3) is 5.35. The maximum Gasteiger partial charge on any atom is 0.416 e. The van der Waals surface area contributed by atoms with Gasteiger partial charge in [-0.25, -0.2) is 0 Å². The van der Waals surface area contributed by atoms with Crippen molar-refractivity contribution in [1.82, 2.24) is 0 Å². The van der Waals surface area contributed by atoms with Gasteiger partial charge < -0.3 is 9.47 Å². The molecule has 0 bridgehead atoms. The Bertz CT molecular complexity index is 1060. The van der Waals surface area contributed by atoms with Crippen LogP contribution in [0.2, 0.25) is 0 Å². The fourth-order valence-electron chi connectivity index (χ4n) is 2.83. The predicted octanol–water partition coefficient (Wildman–Crippen LogP) is 6.51. The van der Waals surface area contributed by atoms with Gasteiger partial charge in [-0.1, -0.05) is 37.0 Å². The number of hydrogen-bond acceptors (Lipinski definition) is 5. The molecule has 1 heterocycles. The number of thioether (sulfide) groups is 1. The lowest BCUT2D eigenvalue weighted by molar-refractivity contribution is -0.137. The van der Waals surface area contributed by atoms with E-state index in [1.54, 1.807) is 12.1 Å². The molecule has 164 valence electrons. The van der Waals surface area contributed by atoms with Crippen molar-refractivity contribution in [1.29, 1.82) is 0 Å². The number of benzene rings is 2. The number of amides is 1. The van der Waals surface area contributed by atoms with Crippen LogP contribution in [0.1, 0.15) is 24.5 Å². The third-order valence-corrected chi connectivity index (χ3v) is 6.33. The Balaban J connectivity index is 1.93. The molecular weight excluding hydrogens is 562 g/mol. The second-order valence-electron chi connectivity index (χ2n) is 6.45. The highest BCUT2D eigenvalue weighted by Crippen LogP contribution is 2.40. The van der Waals surface area contributed by atoms with Crippen LogP contribution in [-0.2, 0) is 11.0 Å². The van der Waals surface area contributed by atoms with Gasteiger partial charge in [0.05, 0.1) is 33.4 Å². The summed E-state index contributed by atoms with van der Waals surface area (Å²) in [6.45, 7) is 2.54. The van der Waals surface area contributed by atoms with E-state index in [9.17, 15) is 18.0 Å². The topological polar surface area (TPSA) is 38.8 Å². The molecule has 2 aromatic carbocycles. The van der Waals surface area contributed by atoms with Gasteiger partial charge in [0.25, 0.3) is 5.91 Å². The number of rotatable bonds is 6. The van der Waals surface area contributed by atoms with E-state index >= 15 is 0 Å². The van der Waals surface area contributed by atoms with Crippen molar-refractivity contribution >= 4 is 68.6 Å². The molecule has 31 heavy (non-hydrogen) atoms. The Labute approximate surface area is 200 Å². The van der Waals surface area contributed by atoms with Gasteiger partial charge in [-0.3, -0.25) is 9.69 Å². The predicted molar refractivity (Wildman–Crippen MR) is 129 cm³/mol. The highest BCUT2D eigenvalue weighted by Gasteiger charge is 2.36. The van der Waals surface area contributed by atoms with E-state index in [1.807, 2.05) is 13.0 Å². The molecular formula is C21H17F3INO3S2. The van der Waals surface area contributed by atoms with E-state index in [2.05, 4.69) is 22.6 Å². The van der Waals surface area contributed by atoms with E-state index in [4.69, 9.17) is 21.7 Å². The highest BCUT2D eigenvalue weighted by atomic mass is 127. The quantitative estimate of drug-likeness (QED) is 0.222. The summed E-state index contributed by atoms with van der Waals surface area (Å²) < 4.78 is 51.3. The second-order valence-corrected chi connectivity index (χ2v) is 9.29. The van der Waals surface area contributed by atoms with Gasteiger partial charge in [-0.05, 0) is 71.0 Å². The van der Waals surface area contributed by atoms with E-state index in [1.165, 1.54) is 19.2 Å². The first-order valence-electron chi connectivity index (χ1n) is 9.11. The zero-order chi connectivity index (χ0) is 22.8. The molecule has 1 fully saturated rings. The van der Waals surface area contributed by atoms with Crippen molar-refractivity contribution in [2.24, 2.45) is 0 Å². The van der Waals surface area contributed by atoms with Crippen LogP contribution < -0.4 is 14.4 Å². The van der Waals surface area contributed by atoms with Crippen molar-refractivity contribution in [3.05, 3.63) is 56.0 Å². The summed E-state index contributed by atoms with van der Waals surface area (Å²) in [6.07, 6.45) is -2.03. The average molecular weight is 579 g/mol. The number of anilines is 1. The largest absolute Gasteiger partial charge is 0.493 e. The second kappa shape index (κ2) is 9.78. The van der Waals surface area contributed by atoms with Gasteiger partial charge in [-0.15, -0.1) is 0 Å². The number of nitrogens with zero attached hydrogens (tertiary/aromatic N) is 1. The fraction of sp³-hybridized carbons (Fsp3) is 0.238. The number of ether oxygens (including phenoxy) is 2. The highest BCUT2D eigenvalue weighted by molar-refractivity contribution is 14.1. The van der Waals surface area contributed by atoms with Crippen molar-refractivity contribution in [2.45, 2.75) is 19.5 Å². The van der Waals surface area contributed by atoms with Crippen LogP contribution in [0.25, 0.3) is 6.08 Å². The normalized spacial score (nSPS) is 15.7. The molecule has 0 atom stereocenters. The monoisotopic (exact) mass is 579 g/mol. The van der Waals surface area contributed by atoms with Crippen LogP contribution in [0.5, 0.6) is 11.5 Å². The molecule has 0 unspecified atom stereocenters. The molecule has 0 saturated carbocycles. The lowest BCUT2D eigenvalue weighted by Crippen LogP contribution is -2.27. The fourth-order valence-corrected chi connectivity index (χ4v) is 4.91. The maximum absolute atomic E-state index is 13.1. The lowest BCUT2D eigenvalue weighted by Gasteiger charge is -2.16. The summed E-state index contributed by atoms with van der Waals surface area (Å²) in [6, 6.07) is 8.12. The van der Waals surface area contributed by atoms with Gasteiger partial charge in [0.1, 0.15) is 0 Å². The standard InChI is InChI=1S/C21H17F3INO3S2/c1-3-7-29-18-15(25)8-12(9-16(18)28-2)10-17-19(27)26(20(30)31-17)14-6-4-5-13(11-14)21(22,23)24/h4-6,8-11H,3,7H2,1-2H3/b17-10+. The summed E-state index contributed by atoms with van der Waals surface area (Å²) in [5.41, 5.74) is -0.0733. The van der Waals surface area contributed by atoms with E-state index in [-0.39, 0.29) is 10.0 Å². The van der Waals surface area contributed by atoms with Crippen molar-refractivity contribution in [3.63, 3.8) is 0 Å². The zero-order valence-electron chi connectivity index (χ0n) is 16.5. The Kier molecular flexibility index (Phi) is 7.53. The number of halogens is 4. The SMILES string of the molecule is CCCOc1c(I)cc(/C=C2/SC(=S)N(c3cccc(C(F)(F)F)c3)C2=O)cc1OC. The number of carbonyl (C=O) groups excluding carboxylic acids is 1. The number of hydrogen-bond donors (Lipinski definition) is 0. The lowest BCUT2D eigenvalue weighted by atomic mass is 10.1. The molecule has 2 aromatic rings.